The minimum atomic E-state index is 0.531. The molecule has 4 aromatic rings. The Hall–Kier alpha value is -3.20. The quantitative estimate of drug-likeness (QED) is 0.530. The van der Waals surface area contributed by atoms with Crippen LogP contribution in [0.15, 0.2) is 89.3 Å². The Morgan fingerprint density at radius 1 is 0.435 bits per heavy atom. The first kappa shape index (κ1) is 13.5. The van der Waals surface area contributed by atoms with Gasteiger partial charge < -0.3 is 4.42 Å². The van der Waals surface area contributed by atoms with Crippen molar-refractivity contribution in [2.24, 2.45) is 0 Å². The number of rotatable bonds is 3. The van der Waals surface area contributed by atoms with E-state index in [1.807, 2.05) is 60.7 Å². The van der Waals surface area contributed by atoms with Crippen molar-refractivity contribution in [1.29, 1.82) is 0 Å². The van der Waals surface area contributed by atoms with Crippen LogP contribution in [0, 0.1) is 0 Å². The highest BCUT2D eigenvalue weighted by Crippen LogP contribution is 2.26. The van der Waals surface area contributed by atoms with Crippen LogP contribution in [0.2, 0.25) is 0 Å². The Bertz CT molecular complexity index is 897. The molecule has 3 aromatic carbocycles. The molecule has 0 amide bonds. The van der Waals surface area contributed by atoms with E-state index in [9.17, 15) is 0 Å². The summed E-state index contributed by atoms with van der Waals surface area (Å²) in [6, 6.07) is 28.2. The predicted molar refractivity (Wildman–Crippen MR) is 90.6 cm³/mol. The molecule has 0 atom stereocenters. The van der Waals surface area contributed by atoms with Gasteiger partial charge in [-0.3, -0.25) is 0 Å². The molecule has 0 aliphatic heterocycles. The number of benzene rings is 3. The summed E-state index contributed by atoms with van der Waals surface area (Å²) in [5, 5.41) is 8.28. The van der Waals surface area contributed by atoms with Gasteiger partial charge in [-0.2, -0.15) is 0 Å². The van der Waals surface area contributed by atoms with Crippen LogP contribution in [0.25, 0.3) is 34.0 Å². The zero-order valence-corrected chi connectivity index (χ0v) is 12.4. The van der Waals surface area contributed by atoms with Crippen LogP contribution < -0.4 is 0 Å². The van der Waals surface area contributed by atoms with Crippen LogP contribution >= 0.6 is 0 Å². The summed E-state index contributed by atoms with van der Waals surface area (Å²) in [4.78, 5) is 0. The summed E-state index contributed by atoms with van der Waals surface area (Å²) in [6.45, 7) is 0. The van der Waals surface area contributed by atoms with Gasteiger partial charge in [0.25, 0.3) is 0 Å². The fourth-order valence-electron chi connectivity index (χ4n) is 2.47. The van der Waals surface area contributed by atoms with Crippen molar-refractivity contribution in [1.82, 2.24) is 10.2 Å². The van der Waals surface area contributed by atoms with E-state index in [1.165, 1.54) is 5.56 Å². The normalized spacial score (nSPS) is 10.6. The summed E-state index contributed by atoms with van der Waals surface area (Å²) < 4.78 is 5.78. The lowest BCUT2D eigenvalue weighted by Crippen LogP contribution is -1.80. The van der Waals surface area contributed by atoms with Gasteiger partial charge in [0, 0.05) is 11.1 Å². The summed E-state index contributed by atoms with van der Waals surface area (Å²) in [5.41, 5.74) is 4.19. The molecule has 0 N–H and O–H groups in total. The van der Waals surface area contributed by atoms with Crippen LogP contribution in [0.4, 0.5) is 0 Å². The molecule has 0 radical (unpaired) electrons. The molecular weight excluding hydrogens is 284 g/mol. The van der Waals surface area contributed by atoms with Gasteiger partial charge in [0.05, 0.1) is 0 Å². The molecule has 23 heavy (non-hydrogen) atoms. The Labute approximate surface area is 134 Å². The molecule has 1 aromatic heterocycles. The van der Waals surface area contributed by atoms with Crippen molar-refractivity contribution in [3.05, 3.63) is 84.9 Å². The van der Waals surface area contributed by atoms with E-state index in [0.717, 1.165) is 16.7 Å². The minimum Gasteiger partial charge on any atom is -0.416 e. The van der Waals surface area contributed by atoms with Gasteiger partial charge in [-0.15, -0.1) is 10.2 Å². The van der Waals surface area contributed by atoms with Crippen LogP contribution in [0.3, 0.4) is 0 Å². The number of hydrogen-bond acceptors (Lipinski definition) is 3. The Kier molecular flexibility index (Phi) is 3.45. The molecule has 0 spiro atoms. The molecule has 0 unspecified atom stereocenters. The molecule has 1 heterocycles. The second kappa shape index (κ2) is 5.89. The molecule has 3 nitrogen and oxygen atoms in total. The Morgan fingerprint density at radius 2 is 0.826 bits per heavy atom. The summed E-state index contributed by atoms with van der Waals surface area (Å²) >= 11 is 0. The van der Waals surface area contributed by atoms with Gasteiger partial charge in [-0.25, -0.2) is 0 Å². The molecule has 0 bridgehead atoms. The van der Waals surface area contributed by atoms with Gasteiger partial charge in [0.15, 0.2) is 0 Å². The summed E-state index contributed by atoms with van der Waals surface area (Å²) in [6.07, 6.45) is 0. The lowest BCUT2D eigenvalue weighted by Gasteiger charge is -2.02. The maximum Gasteiger partial charge on any atom is 0.248 e. The van der Waals surface area contributed by atoms with Crippen molar-refractivity contribution in [3.8, 4) is 34.0 Å². The molecule has 110 valence electrons. The molecule has 0 saturated heterocycles. The molecule has 3 heteroatoms. The third kappa shape index (κ3) is 2.77. The first-order valence-electron chi connectivity index (χ1n) is 7.45. The van der Waals surface area contributed by atoms with Crippen LogP contribution in [0.5, 0.6) is 0 Å². The zero-order chi connectivity index (χ0) is 15.5. The molecular formula is C20H14N2O. The Balaban J connectivity index is 1.63. The van der Waals surface area contributed by atoms with Gasteiger partial charge in [0.1, 0.15) is 0 Å². The number of hydrogen-bond donors (Lipinski definition) is 0. The van der Waals surface area contributed by atoms with Crippen molar-refractivity contribution in [2.45, 2.75) is 0 Å². The highest BCUT2D eigenvalue weighted by Gasteiger charge is 2.10. The standard InChI is InChI=1S/C20H14N2O/c1-3-7-15(8-4-1)16-11-13-18(14-12-16)20-22-21-19(23-20)17-9-5-2-6-10-17/h1-14H. The van der Waals surface area contributed by atoms with Crippen LogP contribution in [-0.2, 0) is 0 Å². The Morgan fingerprint density at radius 3 is 1.39 bits per heavy atom. The average molecular weight is 298 g/mol. The van der Waals surface area contributed by atoms with Crippen molar-refractivity contribution >= 4 is 0 Å². The lowest BCUT2D eigenvalue weighted by atomic mass is 10.0. The smallest absolute Gasteiger partial charge is 0.248 e. The molecule has 0 aliphatic rings. The first-order chi connectivity index (χ1) is 11.4. The topological polar surface area (TPSA) is 38.9 Å². The SMILES string of the molecule is c1ccc(-c2ccc(-c3nnc(-c4ccccc4)o3)cc2)cc1. The maximum absolute atomic E-state index is 5.78. The number of aromatic nitrogens is 2. The molecule has 4 rings (SSSR count). The average Bonchev–Trinajstić information content (AvgIpc) is 3.14. The van der Waals surface area contributed by atoms with E-state index in [2.05, 4.69) is 34.5 Å². The van der Waals surface area contributed by atoms with Gasteiger partial charge in [-0.05, 0) is 35.4 Å². The molecule has 0 fully saturated rings. The van der Waals surface area contributed by atoms with Crippen LogP contribution in [-0.4, -0.2) is 10.2 Å². The monoisotopic (exact) mass is 298 g/mol. The molecule has 0 aliphatic carbocycles. The van der Waals surface area contributed by atoms with Crippen LogP contribution in [0.1, 0.15) is 0 Å². The molecule has 0 saturated carbocycles. The predicted octanol–water partition coefficient (Wildman–Crippen LogP) is 5.07. The summed E-state index contributed by atoms with van der Waals surface area (Å²) in [5.74, 6) is 1.07. The van der Waals surface area contributed by atoms with E-state index < -0.39 is 0 Å². The highest BCUT2D eigenvalue weighted by molar-refractivity contribution is 5.67. The fraction of sp³-hybridized carbons (Fsp3) is 0. The van der Waals surface area contributed by atoms with Crippen molar-refractivity contribution in [2.75, 3.05) is 0 Å². The third-order valence-electron chi connectivity index (χ3n) is 3.68. The van der Waals surface area contributed by atoms with E-state index in [0.29, 0.717) is 11.8 Å². The largest absolute Gasteiger partial charge is 0.416 e. The fourth-order valence-corrected chi connectivity index (χ4v) is 2.47. The third-order valence-corrected chi connectivity index (χ3v) is 3.68. The minimum absolute atomic E-state index is 0.531. The van der Waals surface area contributed by atoms with E-state index in [1.54, 1.807) is 0 Å². The second-order valence-corrected chi connectivity index (χ2v) is 5.22. The van der Waals surface area contributed by atoms with E-state index in [-0.39, 0.29) is 0 Å². The number of nitrogens with zero attached hydrogens (tertiary/aromatic N) is 2. The zero-order valence-electron chi connectivity index (χ0n) is 12.4. The first-order valence-corrected chi connectivity index (χ1v) is 7.45. The summed E-state index contributed by atoms with van der Waals surface area (Å²) in [7, 11) is 0. The van der Waals surface area contributed by atoms with Gasteiger partial charge in [0.2, 0.25) is 11.8 Å². The van der Waals surface area contributed by atoms with Crippen molar-refractivity contribution < 1.29 is 4.42 Å². The van der Waals surface area contributed by atoms with Crippen molar-refractivity contribution in [3.63, 3.8) is 0 Å². The van der Waals surface area contributed by atoms with Gasteiger partial charge >= 0.3 is 0 Å². The second-order valence-electron chi connectivity index (χ2n) is 5.22. The lowest BCUT2D eigenvalue weighted by molar-refractivity contribution is 0.584. The van der Waals surface area contributed by atoms with E-state index >= 15 is 0 Å². The highest BCUT2D eigenvalue weighted by atomic mass is 16.4. The maximum atomic E-state index is 5.78. The van der Waals surface area contributed by atoms with E-state index in [4.69, 9.17) is 4.42 Å². The van der Waals surface area contributed by atoms with Gasteiger partial charge in [-0.1, -0.05) is 60.7 Å².